The maximum atomic E-state index is 11.5. The fraction of sp³-hybridized carbons (Fsp3) is 0.125. The van der Waals surface area contributed by atoms with E-state index >= 15 is 0 Å². The molecule has 0 radical (unpaired) electrons. The highest BCUT2D eigenvalue weighted by Crippen LogP contribution is 2.33. The van der Waals surface area contributed by atoms with E-state index < -0.39 is 0 Å². The van der Waals surface area contributed by atoms with Crippen LogP contribution in [0.5, 0.6) is 5.88 Å². The summed E-state index contributed by atoms with van der Waals surface area (Å²) in [5, 5.41) is 14.6. The highest BCUT2D eigenvalue weighted by atomic mass is 16.5. The van der Waals surface area contributed by atoms with Crippen LogP contribution in [-0.4, -0.2) is 40.4 Å². The van der Waals surface area contributed by atoms with E-state index in [1.165, 1.54) is 7.11 Å². The van der Waals surface area contributed by atoms with Gasteiger partial charge in [0.2, 0.25) is 0 Å². The Balaban J connectivity index is 1.87. The van der Waals surface area contributed by atoms with Crippen molar-refractivity contribution < 1.29 is 14.6 Å². The summed E-state index contributed by atoms with van der Waals surface area (Å²) in [5.74, 6) is -0.342. The zero-order chi connectivity index (χ0) is 21.8. The Labute approximate surface area is 179 Å². The Morgan fingerprint density at radius 1 is 1.16 bits per heavy atom. The molecule has 4 rings (SSSR count). The summed E-state index contributed by atoms with van der Waals surface area (Å²) in [5.41, 5.74) is 5.14. The maximum Gasteiger partial charge on any atom is 0.325 e. The van der Waals surface area contributed by atoms with Gasteiger partial charge in [-0.3, -0.25) is 9.78 Å². The van der Waals surface area contributed by atoms with E-state index in [1.807, 2.05) is 67.6 Å². The number of carbonyl (C=O) groups excluding carboxylic acids is 1. The molecular formula is C24H22N4O3. The second kappa shape index (κ2) is 8.71. The second-order valence-electron chi connectivity index (χ2n) is 7.02. The number of hydrogen-bond acceptors (Lipinski definition) is 6. The first kappa shape index (κ1) is 20.2. The molecule has 0 fully saturated rings. The molecule has 4 aromatic rings. The van der Waals surface area contributed by atoms with Gasteiger partial charge in [0.05, 0.1) is 24.1 Å². The number of hydrogen-bond donors (Lipinski definition) is 3. The molecule has 156 valence electrons. The number of carbonyl (C=O) groups is 1. The number of rotatable bonds is 6. The van der Waals surface area contributed by atoms with E-state index in [9.17, 15) is 9.90 Å². The van der Waals surface area contributed by atoms with Crippen molar-refractivity contribution in [3.8, 4) is 5.88 Å². The average Bonchev–Trinajstić information content (AvgIpc) is 3.11. The number of methoxy groups -OCH3 is 1. The lowest BCUT2D eigenvalue weighted by Gasteiger charge is -2.09. The third-order valence-corrected chi connectivity index (χ3v) is 4.85. The lowest BCUT2D eigenvalue weighted by Crippen LogP contribution is -2.14. The summed E-state index contributed by atoms with van der Waals surface area (Å²) in [6, 6.07) is 18.9. The predicted octanol–water partition coefficient (Wildman–Crippen LogP) is 4.33. The van der Waals surface area contributed by atoms with Crippen LogP contribution in [0.2, 0.25) is 0 Å². The molecule has 0 amide bonds. The van der Waals surface area contributed by atoms with Gasteiger partial charge in [0, 0.05) is 34.0 Å². The number of aromatic amines is 1. The zero-order valence-electron chi connectivity index (χ0n) is 17.2. The van der Waals surface area contributed by atoms with E-state index in [2.05, 4.69) is 20.0 Å². The molecule has 2 heterocycles. The predicted molar refractivity (Wildman–Crippen MR) is 121 cm³/mol. The van der Waals surface area contributed by atoms with Crippen LogP contribution < -0.4 is 5.32 Å². The number of aromatic hydroxyl groups is 1. The Morgan fingerprint density at radius 2 is 1.97 bits per heavy atom. The molecule has 0 bridgehead atoms. The molecule has 7 heteroatoms. The number of aromatic nitrogens is 2. The maximum absolute atomic E-state index is 11.5. The monoisotopic (exact) mass is 414 g/mol. The van der Waals surface area contributed by atoms with Gasteiger partial charge in [0.15, 0.2) is 5.88 Å². The number of benzene rings is 2. The van der Waals surface area contributed by atoms with Crippen molar-refractivity contribution in [2.75, 3.05) is 19.0 Å². The van der Waals surface area contributed by atoms with E-state index in [-0.39, 0.29) is 18.4 Å². The Kier molecular flexibility index (Phi) is 5.66. The van der Waals surface area contributed by atoms with Crippen molar-refractivity contribution in [1.82, 2.24) is 9.97 Å². The van der Waals surface area contributed by atoms with E-state index in [4.69, 9.17) is 4.99 Å². The number of esters is 1. The van der Waals surface area contributed by atoms with Gasteiger partial charge >= 0.3 is 5.97 Å². The SMILES string of the molecule is COC(=O)CNc1ccc2[nH]c(O)c(C(=Nc3ccnc(C)c3)c3ccccc3)c2c1. The zero-order valence-corrected chi connectivity index (χ0v) is 17.2. The van der Waals surface area contributed by atoms with Crippen LogP contribution in [-0.2, 0) is 9.53 Å². The summed E-state index contributed by atoms with van der Waals surface area (Å²) < 4.78 is 4.69. The normalized spacial score (nSPS) is 11.5. The first-order valence-corrected chi connectivity index (χ1v) is 9.77. The lowest BCUT2D eigenvalue weighted by atomic mass is 10.0. The molecule has 0 atom stereocenters. The second-order valence-corrected chi connectivity index (χ2v) is 7.02. The number of aliphatic imine (C=N–C) groups is 1. The summed E-state index contributed by atoms with van der Waals surface area (Å²) >= 11 is 0. The standard InChI is InChI=1S/C24H22N4O3/c1-15-12-18(10-11-25-15)27-23(16-6-4-3-5-7-16)22-19-13-17(26-14-21(29)31-2)8-9-20(19)28-24(22)30/h3-13,26,28,30H,14H2,1-2H3. The minimum Gasteiger partial charge on any atom is -0.494 e. The molecule has 3 N–H and O–H groups in total. The number of aryl methyl sites for hydroxylation is 1. The number of fused-ring (bicyclic) bond motifs is 1. The Bertz CT molecular complexity index is 1260. The van der Waals surface area contributed by atoms with E-state index in [0.29, 0.717) is 11.3 Å². The molecule has 31 heavy (non-hydrogen) atoms. The molecule has 0 unspecified atom stereocenters. The summed E-state index contributed by atoms with van der Waals surface area (Å²) in [4.78, 5) is 23.6. The largest absolute Gasteiger partial charge is 0.494 e. The molecule has 0 saturated carbocycles. The van der Waals surface area contributed by atoms with Gasteiger partial charge in [-0.2, -0.15) is 0 Å². The van der Waals surface area contributed by atoms with Gasteiger partial charge in [-0.1, -0.05) is 30.3 Å². The average molecular weight is 414 g/mol. The van der Waals surface area contributed by atoms with Gasteiger partial charge in [0.1, 0.15) is 6.54 Å². The van der Waals surface area contributed by atoms with Crippen LogP contribution >= 0.6 is 0 Å². The van der Waals surface area contributed by atoms with Gasteiger partial charge in [0.25, 0.3) is 0 Å². The van der Waals surface area contributed by atoms with Crippen molar-refractivity contribution in [2.45, 2.75) is 6.92 Å². The Hall–Kier alpha value is -4.13. The summed E-state index contributed by atoms with van der Waals surface area (Å²) in [6.45, 7) is 1.95. The van der Waals surface area contributed by atoms with Crippen molar-refractivity contribution >= 4 is 34.0 Å². The van der Waals surface area contributed by atoms with Crippen molar-refractivity contribution in [3.05, 3.63) is 83.7 Å². The van der Waals surface area contributed by atoms with Crippen LogP contribution in [0.15, 0.2) is 71.9 Å². The molecule has 7 nitrogen and oxygen atoms in total. The fourth-order valence-electron chi connectivity index (χ4n) is 3.36. The third-order valence-electron chi connectivity index (χ3n) is 4.85. The molecule has 2 aromatic heterocycles. The minimum atomic E-state index is -0.364. The molecule has 0 aliphatic rings. The number of H-pyrrole nitrogens is 1. The first-order chi connectivity index (χ1) is 15.0. The smallest absolute Gasteiger partial charge is 0.325 e. The topological polar surface area (TPSA) is 99.6 Å². The molecule has 0 saturated heterocycles. The minimum absolute atomic E-state index is 0.0218. The molecule has 2 aromatic carbocycles. The quantitative estimate of drug-likeness (QED) is 0.322. The number of pyridine rings is 1. The van der Waals surface area contributed by atoms with Crippen LogP contribution in [0, 0.1) is 6.92 Å². The van der Waals surface area contributed by atoms with Gasteiger partial charge in [-0.05, 0) is 37.3 Å². The summed E-state index contributed by atoms with van der Waals surface area (Å²) in [6.07, 6.45) is 1.71. The van der Waals surface area contributed by atoms with E-state index in [1.54, 1.807) is 6.20 Å². The van der Waals surface area contributed by atoms with Crippen molar-refractivity contribution in [2.24, 2.45) is 4.99 Å². The van der Waals surface area contributed by atoms with Crippen LogP contribution in [0.1, 0.15) is 16.8 Å². The molecule has 0 spiro atoms. The van der Waals surface area contributed by atoms with Crippen LogP contribution in [0.25, 0.3) is 10.9 Å². The summed E-state index contributed by atoms with van der Waals surface area (Å²) in [7, 11) is 1.35. The van der Waals surface area contributed by atoms with E-state index in [0.717, 1.165) is 33.5 Å². The third kappa shape index (κ3) is 4.40. The van der Waals surface area contributed by atoms with Crippen LogP contribution in [0.3, 0.4) is 0 Å². The first-order valence-electron chi connectivity index (χ1n) is 9.77. The molecular weight excluding hydrogens is 392 g/mol. The number of nitrogens with zero attached hydrogens (tertiary/aromatic N) is 2. The Morgan fingerprint density at radius 3 is 2.71 bits per heavy atom. The highest BCUT2D eigenvalue weighted by Gasteiger charge is 2.19. The lowest BCUT2D eigenvalue weighted by molar-refractivity contribution is -0.138. The number of ether oxygens (including phenoxy) is 1. The van der Waals surface area contributed by atoms with Crippen molar-refractivity contribution in [1.29, 1.82) is 0 Å². The molecule has 0 aliphatic heterocycles. The number of anilines is 1. The highest BCUT2D eigenvalue weighted by molar-refractivity contribution is 6.22. The van der Waals surface area contributed by atoms with Gasteiger partial charge < -0.3 is 20.1 Å². The fourth-order valence-corrected chi connectivity index (χ4v) is 3.36. The van der Waals surface area contributed by atoms with Crippen LogP contribution in [0.4, 0.5) is 11.4 Å². The van der Waals surface area contributed by atoms with Gasteiger partial charge in [-0.25, -0.2) is 4.99 Å². The molecule has 0 aliphatic carbocycles. The number of nitrogens with one attached hydrogen (secondary N) is 2. The van der Waals surface area contributed by atoms with Gasteiger partial charge in [-0.15, -0.1) is 0 Å². The van der Waals surface area contributed by atoms with Crippen molar-refractivity contribution in [3.63, 3.8) is 0 Å².